The number of para-hydroxylation sites is 1. The fraction of sp³-hybridized carbons (Fsp3) is 0.158. The molecule has 0 radical (unpaired) electrons. The Balaban J connectivity index is 1.83. The number of hydrogen-bond acceptors (Lipinski definition) is 3. The van der Waals surface area contributed by atoms with Crippen LogP contribution in [0.1, 0.15) is 27.3 Å². The summed E-state index contributed by atoms with van der Waals surface area (Å²) in [5, 5.41) is 4.42. The zero-order valence-corrected chi connectivity index (χ0v) is 13.5. The van der Waals surface area contributed by atoms with Gasteiger partial charge >= 0.3 is 5.97 Å². The van der Waals surface area contributed by atoms with Crippen LogP contribution in [0.15, 0.2) is 54.6 Å². The molecule has 0 N–H and O–H groups in total. The Morgan fingerprint density at radius 1 is 1.08 bits per heavy atom. The fourth-order valence-electron chi connectivity index (χ4n) is 2.59. The number of carbonyl (C=O) groups is 1. The number of halogens is 1. The molecule has 24 heavy (non-hydrogen) atoms. The van der Waals surface area contributed by atoms with Crippen molar-refractivity contribution in [2.75, 3.05) is 0 Å². The molecule has 0 aliphatic heterocycles. The lowest BCUT2D eigenvalue weighted by Gasteiger charge is -2.07. The number of hydrogen-bond donors (Lipinski definition) is 0. The van der Waals surface area contributed by atoms with Gasteiger partial charge in [-0.3, -0.25) is 0 Å². The predicted octanol–water partition coefficient (Wildman–Crippen LogP) is 3.99. The summed E-state index contributed by atoms with van der Waals surface area (Å²) in [6, 6.07) is 15.8. The molecule has 0 aliphatic carbocycles. The maximum atomic E-state index is 13.6. The molecule has 3 aromatic rings. The van der Waals surface area contributed by atoms with Crippen LogP contribution in [-0.4, -0.2) is 15.7 Å². The molecule has 0 atom stereocenters. The highest BCUT2D eigenvalue weighted by atomic mass is 19.1. The van der Waals surface area contributed by atoms with Crippen LogP contribution in [0.4, 0.5) is 4.39 Å². The molecular formula is C19H17FN2O2. The second-order valence-electron chi connectivity index (χ2n) is 5.46. The van der Waals surface area contributed by atoms with Crippen molar-refractivity contribution < 1.29 is 13.9 Å². The van der Waals surface area contributed by atoms with E-state index in [4.69, 9.17) is 4.74 Å². The first-order valence-corrected chi connectivity index (χ1v) is 7.60. The molecule has 1 aromatic heterocycles. The largest absolute Gasteiger partial charge is 0.457 e. The third-order valence-corrected chi connectivity index (χ3v) is 3.81. The van der Waals surface area contributed by atoms with Gasteiger partial charge in [0.15, 0.2) is 0 Å². The molecule has 4 nitrogen and oxygen atoms in total. The number of aryl methyl sites for hydroxylation is 1. The molecule has 0 spiro atoms. The van der Waals surface area contributed by atoms with E-state index in [0.717, 1.165) is 5.69 Å². The molecule has 0 fully saturated rings. The third kappa shape index (κ3) is 3.06. The van der Waals surface area contributed by atoms with Gasteiger partial charge in [0.25, 0.3) is 0 Å². The second kappa shape index (κ2) is 6.66. The van der Waals surface area contributed by atoms with Crippen molar-refractivity contribution in [2.24, 2.45) is 0 Å². The minimum atomic E-state index is -0.504. The maximum absolute atomic E-state index is 13.6. The number of rotatable bonds is 4. The molecule has 3 rings (SSSR count). The van der Waals surface area contributed by atoms with Crippen LogP contribution in [0.2, 0.25) is 0 Å². The summed E-state index contributed by atoms with van der Waals surface area (Å²) < 4.78 is 20.6. The van der Waals surface area contributed by atoms with Crippen molar-refractivity contribution in [3.63, 3.8) is 0 Å². The Morgan fingerprint density at radius 2 is 1.75 bits per heavy atom. The SMILES string of the molecule is Cc1nn(-c2ccccc2)c(C)c1C(=O)OCc1ccccc1F. The standard InChI is InChI=1S/C19H17FN2O2/c1-13-18(14(2)22(21-13)16-9-4-3-5-10-16)19(23)24-12-15-8-6-7-11-17(15)20/h3-11H,12H2,1-2H3. The summed E-state index contributed by atoms with van der Waals surface area (Å²) in [7, 11) is 0. The van der Waals surface area contributed by atoms with E-state index < -0.39 is 11.8 Å². The van der Waals surface area contributed by atoms with Crippen molar-refractivity contribution in [1.29, 1.82) is 0 Å². The summed E-state index contributed by atoms with van der Waals surface area (Å²) in [6.45, 7) is 3.46. The Hall–Kier alpha value is -2.95. The van der Waals surface area contributed by atoms with Gasteiger partial charge in [0.05, 0.1) is 17.1 Å². The van der Waals surface area contributed by atoms with Crippen molar-refractivity contribution in [3.8, 4) is 5.69 Å². The normalized spacial score (nSPS) is 10.6. The first-order valence-electron chi connectivity index (χ1n) is 7.60. The molecule has 2 aromatic carbocycles. The van der Waals surface area contributed by atoms with E-state index in [1.165, 1.54) is 6.07 Å². The Labute approximate surface area is 139 Å². The van der Waals surface area contributed by atoms with Gasteiger partial charge in [0, 0.05) is 5.56 Å². The molecule has 0 unspecified atom stereocenters. The summed E-state index contributed by atoms with van der Waals surface area (Å²) in [5.74, 6) is -0.894. The molecule has 0 amide bonds. The minimum absolute atomic E-state index is 0.110. The van der Waals surface area contributed by atoms with E-state index in [1.54, 1.807) is 29.8 Å². The van der Waals surface area contributed by atoms with E-state index in [1.807, 2.05) is 37.3 Å². The highest BCUT2D eigenvalue weighted by Gasteiger charge is 2.21. The average molecular weight is 324 g/mol. The Kier molecular flexibility index (Phi) is 4.42. The third-order valence-electron chi connectivity index (χ3n) is 3.81. The number of carbonyl (C=O) groups excluding carboxylic acids is 1. The van der Waals surface area contributed by atoms with Gasteiger partial charge < -0.3 is 4.74 Å². The molecule has 0 bridgehead atoms. The molecule has 1 heterocycles. The fourth-order valence-corrected chi connectivity index (χ4v) is 2.59. The lowest BCUT2D eigenvalue weighted by atomic mass is 10.2. The van der Waals surface area contributed by atoms with Gasteiger partial charge in [-0.25, -0.2) is 13.9 Å². The minimum Gasteiger partial charge on any atom is -0.457 e. The van der Waals surface area contributed by atoms with Gasteiger partial charge in [0.1, 0.15) is 18.0 Å². The molecule has 0 saturated carbocycles. The Bertz CT molecular complexity index is 872. The zero-order chi connectivity index (χ0) is 17.1. The van der Waals surface area contributed by atoms with Crippen molar-refractivity contribution in [2.45, 2.75) is 20.5 Å². The summed E-state index contributed by atoms with van der Waals surface area (Å²) >= 11 is 0. The van der Waals surface area contributed by atoms with E-state index >= 15 is 0 Å². The Morgan fingerprint density at radius 3 is 2.46 bits per heavy atom. The first-order chi connectivity index (χ1) is 11.6. The molecule has 0 aliphatic rings. The number of ether oxygens (including phenoxy) is 1. The van der Waals surface area contributed by atoms with Gasteiger partial charge in [0.2, 0.25) is 0 Å². The predicted molar refractivity (Wildman–Crippen MR) is 88.6 cm³/mol. The smallest absolute Gasteiger partial charge is 0.342 e. The van der Waals surface area contributed by atoms with Crippen LogP contribution < -0.4 is 0 Å². The van der Waals surface area contributed by atoms with Gasteiger partial charge in [-0.15, -0.1) is 0 Å². The van der Waals surface area contributed by atoms with Crippen molar-refractivity contribution in [1.82, 2.24) is 9.78 Å². The number of aromatic nitrogens is 2. The number of benzene rings is 2. The van der Waals surface area contributed by atoms with E-state index in [9.17, 15) is 9.18 Å². The zero-order valence-electron chi connectivity index (χ0n) is 13.5. The lowest BCUT2D eigenvalue weighted by Crippen LogP contribution is -2.09. The van der Waals surface area contributed by atoms with E-state index in [-0.39, 0.29) is 6.61 Å². The van der Waals surface area contributed by atoms with Gasteiger partial charge in [-0.1, -0.05) is 36.4 Å². The maximum Gasteiger partial charge on any atom is 0.342 e. The summed E-state index contributed by atoms with van der Waals surface area (Å²) in [4.78, 5) is 12.4. The van der Waals surface area contributed by atoms with Crippen LogP contribution in [0.25, 0.3) is 5.69 Å². The van der Waals surface area contributed by atoms with Crippen molar-refractivity contribution >= 4 is 5.97 Å². The first kappa shape index (κ1) is 15.9. The number of esters is 1. The van der Waals surface area contributed by atoms with Crippen LogP contribution in [0.3, 0.4) is 0 Å². The average Bonchev–Trinajstić information content (AvgIpc) is 2.89. The summed E-state index contributed by atoms with van der Waals surface area (Å²) in [6.07, 6.45) is 0. The van der Waals surface area contributed by atoms with E-state index in [2.05, 4.69) is 5.10 Å². The molecule has 5 heteroatoms. The lowest BCUT2D eigenvalue weighted by molar-refractivity contribution is 0.0467. The summed E-state index contributed by atoms with van der Waals surface area (Å²) in [5.41, 5.74) is 2.89. The van der Waals surface area contributed by atoms with Crippen LogP contribution in [-0.2, 0) is 11.3 Å². The highest BCUT2D eigenvalue weighted by molar-refractivity contribution is 5.92. The molecule has 122 valence electrons. The van der Waals surface area contributed by atoms with Crippen LogP contribution in [0.5, 0.6) is 0 Å². The molecular weight excluding hydrogens is 307 g/mol. The van der Waals surface area contributed by atoms with Crippen LogP contribution >= 0.6 is 0 Å². The number of nitrogens with zero attached hydrogens (tertiary/aromatic N) is 2. The van der Waals surface area contributed by atoms with Gasteiger partial charge in [-0.05, 0) is 32.0 Å². The van der Waals surface area contributed by atoms with Crippen LogP contribution in [0, 0.1) is 19.7 Å². The monoisotopic (exact) mass is 324 g/mol. The quantitative estimate of drug-likeness (QED) is 0.682. The van der Waals surface area contributed by atoms with Crippen molar-refractivity contribution in [3.05, 3.63) is 82.9 Å². The van der Waals surface area contributed by atoms with Gasteiger partial charge in [-0.2, -0.15) is 5.10 Å². The topological polar surface area (TPSA) is 44.1 Å². The van der Waals surface area contributed by atoms with E-state index in [0.29, 0.717) is 22.5 Å². The highest BCUT2D eigenvalue weighted by Crippen LogP contribution is 2.19. The second-order valence-corrected chi connectivity index (χ2v) is 5.46. The molecule has 0 saturated heterocycles.